The van der Waals surface area contributed by atoms with E-state index in [1.165, 1.54) is 0 Å². The summed E-state index contributed by atoms with van der Waals surface area (Å²) in [6.07, 6.45) is 3.22. The van der Waals surface area contributed by atoms with Crippen LogP contribution in [0, 0.1) is 0 Å². The van der Waals surface area contributed by atoms with E-state index < -0.39 is 0 Å². The van der Waals surface area contributed by atoms with Crippen molar-refractivity contribution in [2.45, 2.75) is 25.8 Å². The topological polar surface area (TPSA) is 87.5 Å². The molecule has 7 heteroatoms. The number of piperidine rings is 1. The summed E-state index contributed by atoms with van der Waals surface area (Å²) in [4.78, 5) is 23.8. The number of carbonyl (C=O) groups excluding carboxylic acids is 1. The van der Waals surface area contributed by atoms with Gasteiger partial charge in [-0.1, -0.05) is 0 Å². The van der Waals surface area contributed by atoms with Crippen molar-refractivity contribution in [2.24, 2.45) is 0 Å². The highest BCUT2D eigenvalue weighted by Gasteiger charge is 2.30. The summed E-state index contributed by atoms with van der Waals surface area (Å²) in [6, 6.07) is 11.7. The van der Waals surface area contributed by atoms with Crippen molar-refractivity contribution >= 4 is 34.2 Å². The molecule has 1 aliphatic rings. The molecule has 4 rings (SSSR count). The van der Waals surface area contributed by atoms with Crippen LogP contribution in [0.4, 0.5) is 17.3 Å². The number of benzene rings is 1. The van der Waals surface area contributed by atoms with Gasteiger partial charge in [-0.05, 0) is 49.7 Å². The van der Waals surface area contributed by atoms with Crippen LogP contribution in [0.5, 0.6) is 5.75 Å². The number of fused-ring (bicyclic) bond motifs is 1. The molecule has 1 unspecified atom stereocenters. The lowest BCUT2D eigenvalue weighted by Gasteiger charge is -2.38. The number of aromatic amines is 1. The Kier molecular flexibility index (Phi) is 5.14. The number of hydrogen-bond acceptors (Lipinski definition) is 6. The molecule has 1 saturated heterocycles. The Morgan fingerprint density at radius 3 is 3.03 bits per heavy atom. The third kappa shape index (κ3) is 3.65. The first kappa shape index (κ1) is 18.9. The Labute approximate surface area is 169 Å². The molecular formula is C22H25N5O2. The summed E-state index contributed by atoms with van der Waals surface area (Å²) in [5.74, 6) is 4.59. The first-order valence-corrected chi connectivity index (χ1v) is 9.81. The fraction of sp³-hybridized carbons (Fsp3) is 0.318. The molecule has 2 aromatic heterocycles. The van der Waals surface area contributed by atoms with Gasteiger partial charge in [0.05, 0.1) is 6.61 Å². The number of pyridine rings is 1. The molecule has 0 radical (unpaired) electrons. The fourth-order valence-corrected chi connectivity index (χ4v) is 3.91. The van der Waals surface area contributed by atoms with Crippen LogP contribution >= 0.6 is 0 Å². The van der Waals surface area contributed by atoms with E-state index in [1.807, 2.05) is 55.3 Å². The van der Waals surface area contributed by atoms with Gasteiger partial charge in [-0.25, -0.2) is 9.78 Å². The maximum Gasteiger partial charge on any atom is 0.171 e. The second-order valence-corrected chi connectivity index (χ2v) is 7.22. The minimum Gasteiger partial charge on any atom is -0.490 e. The number of aromatic nitrogens is 2. The van der Waals surface area contributed by atoms with Crippen molar-refractivity contribution in [2.75, 3.05) is 35.7 Å². The zero-order valence-corrected chi connectivity index (χ0v) is 16.7. The van der Waals surface area contributed by atoms with Crippen LogP contribution in [-0.2, 0) is 4.79 Å². The van der Waals surface area contributed by atoms with Crippen molar-refractivity contribution in [3.05, 3.63) is 48.3 Å². The Morgan fingerprint density at radius 1 is 1.38 bits per heavy atom. The average molecular weight is 391 g/mol. The molecule has 1 aliphatic heterocycles. The Balaban J connectivity index is 1.56. The molecule has 3 aromatic rings. The van der Waals surface area contributed by atoms with Crippen molar-refractivity contribution < 1.29 is 9.53 Å². The normalized spacial score (nSPS) is 16.7. The molecule has 3 heterocycles. The van der Waals surface area contributed by atoms with E-state index in [9.17, 15) is 4.79 Å². The highest BCUT2D eigenvalue weighted by molar-refractivity contribution is 5.87. The number of nitrogens with two attached hydrogens (primary N) is 1. The highest BCUT2D eigenvalue weighted by atomic mass is 16.5. The molecule has 0 amide bonds. The lowest BCUT2D eigenvalue weighted by atomic mass is 10.0. The first-order chi connectivity index (χ1) is 14.1. The summed E-state index contributed by atoms with van der Waals surface area (Å²) in [5, 5.41) is 1.03. The maximum atomic E-state index is 11.8. The highest BCUT2D eigenvalue weighted by Crippen LogP contribution is 2.34. The number of nitrogens with zero attached hydrogens (tertiary/aromatic N) is 3. The van der Waals surface area contributed by atoms with Gasteiger partial charge in [0.1, 0.15) is 17.5 Å². The second-order valence-electron chi connectivity index (χ2n) is 7.22. The molecule has 0 bridgehead atoms. The third-order valence-electron chi connectivity index (χ3n) is 5.41. The minimum absolute atomic E-state index is 0.136. The van der Waals surface area contributed by atoms with E-state index in [4.69, 9.17) is 10.5 Å². The Morgan fingerprint density at radius 2 is 2.24 bits per heavy atom. The van der Waals surface area contributed by atoms with Crippen LogP contribution in [0.3, 0.4) is 0 Å². The van der Waals surface area contributed by atoms with Crippen LogP contribution < -0.4 is 20.3 Å². The van der Waals surface area contributed by atoms with Gasteiger partial charge in [0.2, 0.25) is 0 Å². The molecule has 1 fully saturated rings. The van der Waals surface area contributed by atoms with E-state index >= 15 is 0 Å². The summed E-state index contributed by atoms with van der Waals surface area (Å²) in [5.41, 5.74) is 8.23. The van der Waals surface area contributed by atoms with Gasteiger partial charge in [-0.3, -0.25) is 0 Å². The quantitative estimate of drug-likeness (QED) is 0.512. The van der Waals surface area contributed by atoms with Gasteiger partial charge in [-0.2, -0.15) is 0 Å². The predicted octanol–water partition coefficient (Wildman–Crippen LogP) is 3.36. The lowest BCUT2D eigenvalue weighted by Crippen LogP contribution is -2.43. The number of H-pyrrole nitrogens is 1. The van der Waals surface area contributed by atoms with Gasteiger partial charge in [-0.15, -0.1) is 0 Å². The van der Waals surface area contributed by atoms with Crippen LogP contribution in [0.2, 0.25) is 0 Å². The molecule has 0 aliphatic carbocycles. The van der Waals surface area contributed by atoms with Crippen molar-refractivity contribution in [1.82, 2.24) is 9.97 Å². The smallest absolute Gasteiger partial charge is 0.171 e. The van der Waals surface area contributed by atoms with Crippen LogP contribution in [0.25, 0.3) is 10.9 Å². The number of anilines is 3. The molecule has 7 nitrogen and oxygen atoms in total. The zero-order chi connectivity index (χ0) is 20.4. The standard InChI is InChI=1S/C22H25N5O2/c1-3-29-20-5-4-9-24-22(20)26(2)17-8-10-27(18(13-17)14-28)21-12-15-11-16(23)6-7-19(15)25-21/h4-7,9,11-12,17,25H,3,8,10,13,23H2,1-2H3. The van der Waals surface area contributed by atoms with Crippen LogP contribution in [0.1, 0.15) is 19.8 Å². The van der Waals surface area contributed by atoms with E-state index in [2.05, 4.69) is 20.8 Å². The van der Waals surface area contributed by atoms with Gasteiger partial charge < -0.3 is 25.3 Å². The molecule has 1 aromatic carbocycles. The molecule has 3 N–H and O–H groups in total. The van der Waals surface area contributed by atoms with Gasteiger partial charge in [0.25, 0.3) is 0 Å². The van der Waals surface area contributed by atoms with Crippen molar-refractivity contribution in [3.8, 4) is 5.75 Å². The summed E-state index contributed by atoms with van der Waals surface area (Å²) in [7, 11) is 2.00. The van der Waals surface area contributed by atoms with Gasteiger partial charge >= 0.3 is 0 Å². The first-order valence-electron chi connectivity index (χ1n) is 9.81. The molecular weight excluding hydrogens is 366 g/mol. The molecule has 1 atom stereocenters. The number of rotatable bonds is 5. The Bertz CT molecular complexity index is 1070. The largest absolute Gasteiger partial charge is 0.490 e. The molecule has 29 heavy (non-hydrogen) atoms. The maximum absolute atomic E-state index is 11.8. The minimum atomic E-state index is 0.136. The monoisotopic (exact) mass is 391 g/mol. The van der Waals surface area contributed by atoms with E-state index in [0.717, 1.165) is 40.4 Å². The second kappa shape index (κ2) is 7.89. The van der Waals surface area contributed by atoms with Crippen molar-refractivity contribution in [3.63, 3.8) is 0 Å². The van der Waals surface area contributed by atoms with Crippen molar-refractivity contribution in [1.29, 1.82) is 0 Å². The SMILES string of the molecule is CCOc1cccnc1N(C)C1CCN(c2cc3cc(N)ccc3[nH]2)C(=C=O)C1. The molecule has 0 saturated carbocycles. The van der Waals surface area contributed by atoms with E-state index in [-0.39, 0.29) is 6.04 Å². The predicted molar refractivity (Wildman–Crippen MR) is 116 cm³/mol. The summed E-state index contributed by atoms with van der Waals surface area (Å²) in [6.45, 7) is 3.24. The lowest BCUT2D eigenvalue weighted by molar-refractivity contribution is 0.338. The number of hydrogen-bond donors (Lipinski definition) is 2. The Hall–Kier alpha value is -3.44. The zero-order valence-electron chi connectivity index (χ0n) is 16.7. The third-order valence-corrected chi connectivity index (χ3v) is 5.41. The van der Waals surface area contributed by atoms with Gasteiger partial charge in [0, 0.05) is 48.8 Å². The number of ether oxygens (including phenoxy) is 1. The van der Waals surface area contributed by atoms with E-state index in [0.29, 0.717) is 25.3 Å². The average Bonchev–Trinajstić information content (AvgIpc) is 3.16. The van der Waals surface area contributed by atoms with Gasteiger partial charge in [0.15, 0.2) is 11.6 Å². The number of nitrogens with one attached hydrogen (secondary N) is 1. The molecule has 0 spiro atoms. The summed E-state index contributed by atoms with van der Waals surface area (Å²) >= 11 is 0. The molecule has 150 valence electrons. The van der Waals surface area contributed by atoms with Crippen LogP contribution in [-0.4, -0.2) is 42.2 Å². The van der Waals surface area contributed by atoms with Crippen LogP contribution in [0.15, 0.2) is 48.3 Å². The van der Waals surface area contributed by atoms with E-state index in [1.54, 1.807) is 6.20 Å². The number of nitrogen functional groups attached to an aromatic ring is 1. The summed E-state index contributed by atoms with van der Waals surface area (Å²) < 4.78 is 5.72. The fourth-order valence-electron chi connectivity index (χ4n) is 3.91.